The lowest BCUT2D eigenvalue weighted by molar-refractivity contribution is -0.152. The van der Waals surface area contributed by atoms with Gasteiger partial charge in [0.25, 0.3) is 0 Å². The van der Waals surface area contributed by atoms with E-state index in [0.717, 1.165) is 25.7 Å². The van der Waals surface area contributed by atoms with Crippen LogP contribution in [0.1, 0.15) is 59.3 Å². The molecule has 0 saturated heterocycles. The molecule has 0 aromatic carbocycles. The van der Waals surface area contributed by atoms with Crippen molar-refractivity contribution in [3.05, 3.63) is 0 Å². The van der Waals surface area contributed by atoms with Crippen molar-refractivity contribution in [3.63, 3.8) is 0 Å². The van der Waals surface area contributed by atoms with Crippen LogP contribution in [0, 0.1) is 11.3 Å². The predicted octanol–water partition coefficient (Wildman–Crippen LogP) is 2.57. The smallest absolute Gasteiger partial charge is 0.311 e. The summed E-state index contributed by atoms with van der Waals surface area (Å²) in [5.74, 6) is -0.313. The Morgan fingerprint density at radius 3 is 2.61 bits per heavy atom. The molecule has 0 bridgehead atoms. The van der Waals surface area contributed by atoms with E-state index >= 15 is 0 Å². The number of carboxylic acid groups (broad SMARTS) is 1. The number of amides is 1. The Labute approximate surface area is 109 Å². The first-order valence-corrected chi connectivity index (χ1v) is 6.89. The minimum Gasteiger partial charge on any atom is -0.481 e. The van der Waals surface area contributed by atoms with Crippen LogP contribution in [0.5, 0.6) is 0 Å². The number of hydrogen-bond donors (Lipinski definition) is 2. The van der Waals surface area contributed by atoms with Crippen molar-refractivity contribution in [2.24, 2.45) is 11.3 Å². The van der Waals surface area contributed by atoms with Crippen molar-refractivity contribution < 1.29 is 14.7 Å². The van der Waals surface area contributed by atoms with E-state index in [1.54, 1.807) is 6.92 Å². The third-order valence-electron chi connectivity index (χ3n) is 3.98. The van der Waals surface area contributed by atoms with Crippen molar-refractivity contribution in [1.29, 1.82) is 0 Å². The Balaban J connectivity index is 2.57. The summed E-state index contributed by atoms with van der Waals surface area (Å²) in [6.07, 6.45) is 4.69. The third kappa shape index (κ3) is 3.72. The summed E-state index contributed by atoms with van der Waals surface area (Å²) in [5.41, 5.74) is -0.800. The lowest BCUT2D eigenvalue weighted by Crippen LogP contribution is -2.52. The lowest BCUT2D eigenvalue weighted by atomic mass is 9.71. The van der Waals surface area contributed by atoms with Crippen LogP contribution >= 0.6 is 0 Å². The standard InChI is InChI=1S/C14H25NO3/c1-10(2)7-8-12(16)15-11-6-4-5-9-14(11,3)13(17)18/h10-11H,4-9H2,1-3H3,(H,15,16)(H,17,18). The Morgan fingerprint density at radius 2 is 2.06 bits per heavy atom. The van der Waals surface area contributed by atoms with Gasteiger partial charge in [0.15, 0.2) is 0 Å². The molecule has 1 aliphatic rings. The largest absolute Gasteiger partial charge is 0.481 e. The maximum Gasteiger partial charge on any atom is 0.311 e. The molecule has 1 rings (SSSR count). The number of carbonyl (C=O) groups is 2. The molecule has 1 fully saturated rings. The Morgan fingerprint density at radius 1 is 1.39 bits per heavy atom. The summed E-state index contributed by atoms with van der Waals surface area (Å²) in [6, 6.07) is -0.219. The highest BCUT2D eigenvalue weighted by molar-refractivity contribution is 5.79. The molecule has 4 heteroatoms. The van der Waals surface area contributed by atoms with Crippen LogP contribution in [0.3, 0.4) is 0 Å². The SMILES string of the molecule is CC(C)CCC(=O)NC1CCCCC1(C)C(=O)O. The highest BCUT2D eigenvalue weighted by Gasteiger charge is 2.43. The number of aliphatic carboxylic acids is 1. The highest BCUT2D eigenvalue weighted by atomic mass is 16.4. The summed E-state index contributed by atoms with van der Waals surface area (Å²) in [6.45, 7) is 5.91. The zero-order chi connectivity index (χ0) is 13.8. The predicted molar refractivity (Wildman–Crippen MR) is 70.2 cm³/mol. The number of nitrogens with one attached hydrogen (secondary N) is 1. The average molecular weight is 255 g/mol. The Hall–Kier alpha value is -1.06. The first-order valence-electron chi connectivity index (χ1n) is 6.89. The zero-order valence-electron chi connectivity index (χ0n) is 11.7. The van der Waals surface area contributed by atoms with Crippen LogP contribution in [0.15, 0.2) is 0 Å². The van der Waals surface area contributed by atoms with E-state index in [2.05, 4.69) is 19.2 Å². The maximum atomic E-state index is 11.8. The fourth-order valence-corrected chi connectivity index (χ4v) is 2.51. The minimum absolute atomic E-state index is 0.0110. The highest BCUT2D eigenvalue weighted by Crippen LogP contribution is 2.36. The quantitative estimate of drug-likeness (QED) is 0.793. The number of rotatable bonds is 5. The summed E-state index contributed by atoms with van der Waals surface area (Å²) in [7, 11) is 0. The van der Waals surface area contributed by atoms with Gasteiger partial charge < -0.3 is 10.4 Å². The van der Waals surface area contributed by atoms with Gasteiger partial charge in [0.2, 0.25) is 5.91 Å². The second-order valence-corrected chi connectivity index (χ2v) is 6.02. The van der Waals surface area contributed by atoms with E-state index in [4.69, 9.17) is 0 Å². The van der Waals surface area contributed by atoms with E-state index < -0.39 is 11.4 Å². The van der Waals surface area contributed by atoms with Crippen LogP contribution < -0.4 is 5.32 Å². The Kier molecular flexibility index (Phi) is 5.17. The van der Waals surface area contributed by atoms with Gasteiger partial charge in [-0.1, -0.05) is 26.7 Å². The van der Waals surface area contributed by atoms with Gasteiger partial charge >= 0.3 is 5.97 Å². The topological polar surface area (TPSA) is 66.4 Å². The van der Waals surface area contributed by atoms with Gasteiger partial charge in [-0.15, -0.1) is 0 Å². The molecule has 0 aromatic heterocycles. The first kappa shape index (κ1) is 15.0. The normalized spacial score (nSPS) is 28.1. The van der Waals surface area contributed by atoms with E-state index in [-0.39, 0.29) is 11.9 Å². The fraction of sp³-hybridized carbons (Fsp3) is 0.857. The lowest BCUT2D eigenvalue weighted by Gasteiger charge is -2.38. The van der Waals surface area contributed by atoms with Gasteiger partial charge in [0, 0.05) is 12.5 Å². The van der Waals surface area contributed by atoms with Crippen molar-refractivity contribution in [2.45, 2.75) is 65.3 Å². The molecule has 0 heterocycles. The molecule has 18 heavy (non-hydrogen) atoms. The molecule has 2 N–H and O–H groups in total. The summed E-state index contributed by atoms with van der Waals surface area (Å²) in [5, 5.41) is 12.3. The van der Waals surface area contributed by atoms with Crippen LogP contribution in [0.2, 0.25) is 0 Å². The molecule has 1 saturated carbocycles. The van der Waals surface area contributed by atoms with Gasteiger partial charge in [0.05, 0.1) is 5.41 Å². The van der Waals surface area contributed by atoms with E-state index in [1.807, 2.05) is 0 Å². The van der Waals surface area contributed by atoms with Gasteiger partial charge in [-0.2, -0.15) is 0 Å². The van der Waals surface area contributed by atoms with Crippen LogP contribution in [-0.4, -0.2) is 23.0 Å². The van der Waals surface area contributed by atoms with Gasteiger partial charge in [0.1, 0.15) is 0 Å². The summed E-state index contributed by atoms with van der Waals surface area (Å²) >= 11 is 0. The monoisotopic (exact) mass is 255 g/mol. The average Bonchev–Trinajstić information content (AvgIpc) is 2.29. The molecule has 104 valence electrons. The fourth-order valence-electron chi connectivity index (χ4n) is 2.51. The zero-order valence-corrected chi connectivity index (χ0v) is 11.7. The minimum atomic E-state index is -0.800. The molecular weight excluding hydrogens is 230 g/mol. The molecular formula is C14H25NO3. The van der Waals surface area contributed by atoms with Gasteiger partial charge in [-0.25, -0.2) is 0 Å². The number of hydrogen-bond acceptors (Lipinski definition) is 2. The maximum absolute atomic E-state index is 11.8. The van der Waals surface area contributed by atoms with Gasteiger partial charge in [-0.05, 0) is 32.1 Å². The van der Waals surface area contributed by atoms with E-state index in [0.29, 0.717) is 18.8 Å². The van der Waals surface area contributed by atoms with Crippen molar-refractivity contribution in [1.82, 2.24) is 5.32 Å². The molecule has 0 aliphatic heterocycles. The molecule has 0 radical (unpaired) electrons. The first-order chi connectivity index (χ1) is 8.36. The molecule has 4 nitrogen and oxygen atoms in total. The molecule has 2 unspecified atom stereocenters. The molecule has 2 atom stereocenters. The summed E-state index contributed by atoms with van der Waals surface area (Å²) in [4.78, 5) is 23.2. The molecule has 1 aliphatic carbocycles. The molecule has 0 spiro atoms. The second-order valence-electron chi connectivity index (χ2n) is 6.02. The van der Waals surface area contributed by atoms with Gasteiger partial charge in [-0.3, -0.25) is 9.59 Å². The van der Waals surface area contributed by atoms with E-state index in [1.165, 1.54) is 0 Å². The summed E-state index contributed by atoms with van der Waals surface area (Å²) < 4.78 is 0. The van der Waals surface area contributed by atoms with Crippen molar-refractivity contribution in [3.8, 4) is 0 Å². The molecule has 1 amide bonds. The second kappa shape index (κ2) is 6.21. The molecule has 0 aromatic rings. The van der Waals surface area contributed by atoms with Crippen LogP contribution in [0.4, 0.5) is 0 Å². The van der Waals surface area contributed by atoms with Crippen molar-refractivity contribution >= 4 is 11.9 Å². The van der Waals surface area contributed by atoms with E-state index in [9.17, 15) is 14.7 Å². The number of carbonyl (C=O) groups excluding carboxylic acids is 1. The van der Waals surface area contributed by atoms with Crippen LogP contribution in [-0.2, 0) is 9.59 Å². The third-order valence-corrected chi connectivity index (χ3v) is 3.98. The number of carboxylic acids is 1. The van der Waals surface area contributed by atoms with Crippen molar-refractivity contribution in [2.75, 3.05) is 0 Å². The Bertz CT molecular complexity index is 314. The van der Waals surface area contributed by atoms with Crippen LogP contribution in [0.25, 0.3) is 0 Å².